The van der Waals surface area contributed by atoms with Crippen LogP contribution in [0.1, 0.15) is 27.2 Å². The Morgan fingerprint density at radius 2 is 2.18 bits per heavy atom. The van der Waals surface area contributed by atoms with Crippen molar-refractivity contribution in [1.29, 1.82) is 0 Å². The Kier molecular flexibility index (Phi) is 2.10. The number of nitrogens with one attached hydrogen (secondary N) is 1. The van der Waals surface area contributed by atoms with Gasteiger partial charge in [-0.2, -0.15) is 0 Å². The number of rotatable bonds is 0. The maximum Gasteiger partial charge on any atom is 0.169 e. The van der Waals surface area contributed by atoms with Gasteiger partial charge in [-0.3, -0.25) is 0 Å². The molecule has 0 spiro atoms. The molecule has 1 unspecified atom stereocenters. The summed E-state index contributed by atoms with van der Waals surface area (Å²) in [6, 6.07) is 0.554. The van der Waals surface area contributed by atoms with E-state index in [0.717, 1.165) is 11.5 Å². The predicted molar refractivity (Wildman–Crippen MR) is 51.7 cm³/mol. The molecule has 0 bridgehead atoms. The molecule has 0 amide bonds. The number of nitrogens with zero attached hydrogens (tertiary/aromatic N) is 1. The highest BCUT2D eigenvalue weighted by atomic mass is 32.1. The van der Waals surface area contributed by atoms with E-state index in [0.29, 0.717) is 6.04 Å². The van der Waals surface area contributed by atoms with Crippen molar-refractivity contribution in [2.75, 3.05) is 7.05 Å². The minimum Gasteiger partial charge on any atom is -0.358 e. The van der Waals surface area contributed by atoms with Gasteiger partial charge < -0.3 is 10.2 Å². The Hall–Kier alpha value is -0.310. The van der Waals surface area contributed by atoms with E-state index in [1.807, 2.05) is 7.05 Å². The first-order valence-corrected chi connectivity index (χ1v) is 4.38. The molecule has 0 saturated carbocycles. The molecule has 0 aliphatic carbocycles. The third kappa shape index (κ3) is 1.83. The molecule has 0 aromatic carbocycles. The minimum atomic E-state index is 0.170. The predicted octanol–water partition coefficient (Wildman–Crippen LogP) is 1.36. The molecule has 1 rings (SSSR count). The van der Waals surface area contributed by atoms with Crippen LogP contribution < -0.4 is 5.32 Å². The van der Waals surface area contributed by atoms with Crippen molar-refractivity contribution >= 4 is 17.3 Å². The fraction of sp³-hybridized carbons (Fsp3) is 0.875. The lowest BCUT2D eigenvalue weighted by atomic mass is 9.93. The second kappa shape index (κ2) is 2.63. The van der Waals surface area contributed by atoms with Gasteiger partial charge in [-0.05, 0) is 39.4 Å². The molecule has 3 heteroatoms. The molecule has 1 N–H and O–H groups in total. The Morgan fingerprint density at radius 3 is 2.64 bits per heavy atom. The minimum absolute atomic E-state index is 0.170. The van der Waals surface area contributed by atoms with Crippen LogP contribution in [0.2, 0.25) is 0 Å². The van der Waals surface area contributed by atoms with Crippen molar-refractivity contribution in [1.82, 2.24) is 10.2 Å². The molecule has 1 saturated heterocycles. The summed E-state index contributed by atoms with van der Waals surface area (Å²) in [4.78, 5) is 2.11. The van der Waals surface area contributed by atoms with Crippen LogP contribution in [-0.2, 0) is 0 Å². The normalized spacial score (nSPS) is 30.0. The maximum absolute atomic E-state index is 5.17. The number of hydrogen-bond acceptors (Lipinski definition) is 1. The van der Waals surface area contributed by atoms with E-state index in [-0.39, 0.29) is 5.54 Å². The molecule has 0 aromatic rings. The summed E-state index contributed by atoms with van der Waals surface area (Å²) in [5.41, 5.74) is 0.170. The molecule has 0 aromatic heterocycles. The van der Waals surface area contributed by atoms with E-state index >= 15 is 0 Å². The molecular formula is C8H16N2S. The van der Waals surface area contributed by atoms with Crippen LogP contribution in [0.3, 0.4) is 0 Å². The van der Waals surface area contributed by atoms with E-state index in [9.17, 15) is 0 Å². The smallest absolute Gasteiger partial charge is 0.169 e. The highest BCUT2D eigenvalue weighted by Crippen LogP contribution is 2.20. The lowest BCUT2D eigenvalue weighted by Gasteiger charge is -2.42. The molecule has 1 fully saturated rings. The van der Waals surface area contributed by atoms with Gasteiger partial charge in [0.2, 0.25) is 0 Å². The van der Waals surface area contributed by atoms with Gasteiger partial charge in [-0.1, -0.05) is 0 Å². The van der Waals surface area contributed by atoms with Gasteiger partial charge in [0.05, 0.1) is 0 Å². The molecule has 64 valence electrons. The van der Waals surface area contributed by atoms with Gasteiger partial charge in [-0.15, -0.1) is 0 Å². The van der Waals surface area contributed by atoms with Crippen LogP contribution in [0.4, 0.5) is 0 Å². The van der Waals surface area contributed by atoms with Crippen molar-refractivity contribution in [3.05, 3.63) is 0 Å². The lowest BCUT2D eigenvalue weighted by molar-refractivity contribution is 0.241. The zero-order valence-electron chi connectivity index (χ0n) is 7.64. The number of thiocarbonyl (C=S) groups is 1. The lowest BCUT2D eigenvalue weighted by Crippen LogP contribution is -2.58. The summed E-state index contributed by atoms with van der Waals surface area (Å²) >= 11 is 5.17. The first-order chi connectivity index (χ1) is 4.92. The largest absolute Gasteiger partial charge is 0.358 e. The monoisotopic (exact) mass is 172 g/mol. The van der Waals surface area contributed by atoms with Gasteiger partial charge in [0.15, 0.2) is 5.11 Å². The van der Waals surface area contributed by atoms with Crippen LogP contribution in [0.25, 0.3) is 0 Å². The molecular weight excluding hydrogens is 156 g/mol. The van der Waals surface area contributed by atoms with Crippen LogP contribution in [-0.4, -0.2) is 28.6 Å². The van der Waals surface area contributed by atoms with Gasteiger partial charge in [0.1, 0.15) is 0 Å². The van der Waals surface area contributed by atoms with E-state index in [2.05, 4.69) is 31.0 Å². The van der Waals surface area contributed by atoms with E-state index in [4.69, 9.17) is 12.2 Å². The second-order valence-corrected chi connectivity index (χ2v) is 4.36. The van der Waals surface area contributed by atoms with Gasteiger partial charge >= 0.3 is 0 Å². The highest BCUT2D eigenvalue weighted by molar-refractivity contribution is 7.80. The van der Waals surface area contributed by atoms with Crippen molar-refractivity contribution in [2.24, 2.45) is 0 Å². The summed E-state index contributed by atoms with van der Waals surface area (Å²) in [7, 11) is 2.04. The molecule has 1 atom stereocenters. The first kappa shape index (κ1) is 8.78. The average molecular weight is 172 g/mol. The first-order valence-electron chi connectivity index (χ1n) is 3.97. The zero-order valence-corrected chi connectivity index (χ0v) is 8.46. The van der Waals surface area contributed by atoms with Gasteiger partial charge in [0, 0.05) is 18.6 Å². The summed E-state index contributed by atoms with van der Waals surface area (Å²) in [5, 5.41) is 4.16. The molecule has 11 heavy (non-hydrogen) atoms. The van der Waals surface area contributed by atoms with Crippen molar-refractivity contribution < 1.29 is 0 Å². The third-order valence-corrected chi connectivity index (χ3v) is 2.62. The molecule has 2 nitrogen and oxygen atoms in total. The van der Waals surface area contributed by atoms with E-state index in [1.54, 1.807) is 0 Å². The zero-order chi connectivity index (χ0) is 8.65. The average Bonchev–Trinajstić information content (AvgIpc) is 1.81. The van der Waals surface area contributed by atoms with Crippen LogP contribution in [0, 0.1) is 0 Å². The summed E-state index contributed by atoms with van der Waals surface area (Å²) in [6.45, 7) is 6.57. The van der Waals surface area contributed by atoms with Gasteiger partial charge in [0.25, 0.3) is 0 Å². The Morgan fingerprint density at radius 1 is 1.64 bits per heavy atom. The van der Waals surface area contributed by atoms with E-state index < -0.39 is 0 Å². The SMILES string of the molecule is CC1CC(C)(C)NC(=S)N1C. The van der Waals surface area contributed by atoms with Crippen LogP contribution >= 0.6 is 12.2 Å². The molecule has 1 heterocycles. The quantitative estimate of drug-likeness (QED) is 0.555. The van der Waals surface area contributed by atoms with Gasteiger partial charge in [-0.25, -0.2) is 0 Å². The Balaban J connectivity index is 2.70. The fourth-order valence-electron chi connectivity index (χ4n) is 1.50. The highest BCUT2D eigenvalue weighted by Gasteiger charge is 2.30. The maximum atomic E-state index is 5.17. The Labute approximate surface area is 74.0 Å². The van der Waals surface area contributed by atoms with Crippen molar-refractivity contribution in [2.45, 2.75) is 38.8 Å². The number of hydrogen-bond donors (Lipinski definition) is 1. The van der Waals surface area contributed by atoms with Crippen molar-refractivity contribution in [3.8, 4) is 0 Å². The van der Waals surface area contributed by atoms with Crippen LogP contribution in [0.15, 0.2) is 0 Å². The Bertz CT molecular complexity index is 177. The van der Waals surface area contributed by atoms with Crippen LogP contribution in [0.5, 0.6) is 0 Å². The van der Waals surface area contributed by atoms with Crippen molar-refractivity contribution in [3.63, 3.8) is 0 Å². The summed E-state index contributed by atoms with van der Waals surface area (Å²) in [6.07, 6.45) is 1.14. The second-order valence-electron chi connectivity index (χ2n) is 3.98. The fourth-order valence-corrected chi connectivity index (χ4v) is 1.96. The van der Waals surface area contributed by atoms with E-state index in [1.165, 1.54) is 0 Å². The molecule has 1 aliphatic rings. The summed E-state index contributed by atoms with van der Waals surface area (Å²) < 4.78 is 0. The summed E-state index contributed by atoms with van der Waals surface area (Å²) in [5.74, 6) is 0. The topological polar surface area (TPSA) is 15.3 Å². The molecule has 1 aliphatic heterocycles. The third-order valence-electron chi connectivity index (χ3n) is 2.23. The molecule has 0 radical (unpaired) electrons. The standard InChI is InChI=1S/C8H16N2S/c1-6-5-8(2,3)9-7(11)10(6)4/h6H,5H2,1-4H3,(H,9,11).